The first kappa shape index (κ1) is 11.4. The average molecular weight is 243 g/mol. The highest BCUT2D eigenvalue weighted by atomic mass is 35.5. The third-order valence-electron chi connectivity index (χ3n) is 2.92. The smallest absolute Gasteiger partial charge is 0.271 e. The summed E-state index contributed by atoms with van der Waals surface area (Å²) in [6.07, 6.45) is 3.33. The Labute approximate surface area is 98.6 Å². The summed E-state index contributed by atoms with van der Waals surface area (Å²) >= 11 is 5.89. The van der Waals surface area contributed by atoms with Crippen LogP contribution in [0, 0.1) is 0 Å². The van der Waals surface area contributed by atoms with E-state index in [1.54, 1.807) is 0 Å². The van der Waals surface area contributed by atoms with E-state index in [9.17, 15) is 4.79 Å². The predicted molar refractivity (Wildman–Crippen MR) is 64.0 cm³/mol. The number of aromatic amines is 1. The summed E-state index contributed by atoms with van der Waals surface area (Å²) in [4.78, 5) is 17.8. The molecule has 0 saturated carbocycles. The Morgan fingerprint density at radius 2 is 2.19 bits per heavy atom. The van der Waals surface area contributed by atoms with Gasteiger partial charge in [0.15, 0.2) is 5.82 Å². The fraction of sp³-hybridized carbons (Fsp3) is 0.600. The van der Waals surface area contributed by atoms with Gasteiger partial charge in [0.05, 0.1) is 6.33 Å². The van der Waals surface area contributed by atoms with E-state index < -0.39 is 0 Å². The number of aromatic nitrogens is 2. The summed E-state index contributed by atoms with van der Waals surface area (Å²) in [7, 11) is 0. The van der Waals surface area contributed by atoms with Crippen LogP contribution >= 0.6 is 11.6 Å². The SMILES string of the molecule is CC1(Nc2nc[nH]c(=O)c2Cl)CCNCC1. The molecule has 0 spiro atoms. The standard InChI is InChI=1S/C10H15ClN4O/c1-10(2-4-12-5-3-10)15-8-7(11)9(16)14-6-13-8/h6,12H,2-5H2,1H3,(H2,13,14,15,16). The second kappa shape index (κ2) is 4.43. The molecule has 2 rings (SSSR count). The monoisotopic (exact) mass is 242 g/mol. The van der Waals surface area contributed by atoms with Gasteiger partial charge < -0.3 is 15.6 Å². The molecular weight excluding hydrogens is 228 g/mol. The molecule has 0 unspecified atom stereocenters. The molecule has 1 aromatic rings. The maximum atomic E-state index is 11.3. The van der Waals surface area contributed by atoms with Crippen molar-refractivity contribution in [3.05, 3.63) is 21.7 Å². The van der Waals surface area contributed by atoms with E-state index in [4.69, 9.17) is 11.6 Å². The van der Waals surface area contributed by atoms with Crippen LogP contribution in [-0.4, -0.2) is 28.6 Å². The molecule has 16 heavy (non-hydrogen) atoms. The zero-order valence-electron chi connectivity index (χ0n) is 9.14. The fourth-order valence-electron chi connectivity index (χ4n) is 1.86. The summed E-state index contributed by atoms with van der Waals surface area (Å²) < 4.78 is 0. The number of hydrogen-bond donors (Lipinski definition) is 3. The third-order valence-corrected chi connectivity index (χ3v) is 3.27. The Balaban J connectivity index is 2.19. The van der Waals surface area contributed by atoms with Gasteiger partial charge >= 0.3 is 0 Å². The van der Waals surface area contributed by atoms with Gasteiger partial charge in [0.25, 0.3) is 5.56 Å². The van der Waals surface area contributed by atoms with Gasteiger partial charge in [-0.25, -0.2) is 4.98 Å². The number of anilines is 1. The molecule has 1 aromatic heterocycles. The minimum absolute atomic E-state index is 0.0459. The highest BCUT2D eigenvalue weighted by Gasteiger charge is 2.27. The molecule has 0 amide bonds. The Morgan fingerprint density at radius 1 is 1.50 bits per heavy atom. The average Bonchev–Trinajstić information content (AvgIpc) is 2.26. The number of H-pyrrole nitrogens is 1. The van der Waals surface area contributed by atoms with E-state index in [0.717, 1.165) is 25.9 Å². The Morgan fingerprint density at radius 3 is 2.88 bits per heavy atom. The van der Waals surface area contributed by atoms with Crippen molar-refractivity contribution in [2.75, 3.05) is 18.4 Å². The number of hydrogen-bond acceptors (Lipinski definition) is 4. The van der Waals surface area contributed by atoms with Gasteiger partial charge in [-0.15, -0.1) is 0 Å². The topological polar surface area (TPSA) is 69.8 Å². The van der Waals surface area contributed by atoms with Crippen LogP contribution in [0.4, 0.5) is 5.82 Å². The minimum atomic E-state index is -0.309. The highest BCUT2D eigenvalue weighted by molar-refractivity contribution is 6.32. The predicted octanol–water partition coefficient (Wildman–Crippen LogP) is 0.977. The lowest BCUT2D eigenvalue weighted by atomic mass is 9.91. The van der Waals surface area contributed by atoms with Gasteiger partial charge in [-0.05, 0) is 32.9 Å². The molecule has 1 aliphatic rings. The molecule has 6 heteroatoms. The van der Waals surface area contributed by atoms with Crippen LogP contribution in [-0.2, 0) is 0 Å². The summed E-state index contributed by atoms with van der Waals surface area (Å²) in [5, 5.41) is 6.68. The number of nitrogens with zero attached hydrogens (tertiary/aromatic N) is 1. The van der Waals surface area contributed by atoms with E-state index in [0.29, 0.717) is 5.82 Å². The number of halogens is 1. The summed E-state index contributed by atoms with van der Waals surface area (Å²) in [6, 6.07) is 0. The van der Waals surface area contributed by atoms with Gasteiger partial charge in [0.2, 0.25) is 0 Å². The first-order chi connectivity index (χ1) is 7.61. The third kappa shape index (κ3) is 2.36. The van der Waals surface area contributed by atoms with E-state index in [1.165, 1.54) is 6.33 Å². The first-order valence-electron chi connectivity index (χ1n) is 5.33. The number of piperidine rings is 1. The number of nitrogens with one attached hydrogen (secondary N) is 3. The van der Waals surface area contributed by atoms with E-state index in [1.807, 2.05) is 0 Å². The largest absolute Gasteiger partial charge is 0.363 e. The summed E-state index contributed by atoms with van der Waals surface area (Å²) in [5.41, 5.74) is -0.355. The van der Waals surface area contributed by atoms with Crippen molar-refractivity contribution in [2.45, 2.75) is 25.3 Å². The quantitative estimate of drug-likeness (QED) is 0.723. The van der Waals surface area contributed by atoms with Gasteiger partial charge in [0, 0.05) is 5.54 Å². The zero-order chi connectivity index (χ0) is 11.6. The molecule has 0 radical (unpaired) electrons. The molecule has 88 valence electrons. The van der Waals surface area contributed by atoms with Crippen molar-refractivity contribution >= 4 is 17.4 Å². The highest BCUT2D eigenvalue weighted by Crippen LogP contribution is 2.24. The maximum Gasteiger partial charge on any atom is 0.271 e. The van der Waals surface area contributed by atoms with Crippen LogP contribution in [0.5, 0.6) is 0 Å². The van der Waals surface area contributed by atoms with Gasteiger partial charge in [-0.1, -0.05) is 11.6 Å². The van der Waals surface area contributed by atoms with Crippen molar-refractivity contribution in [3.63, 3.8) is 0 Å². The Kier molecular flexibility index (Phi) is 3.16. The molecule has 0 aromatic carbocycles. The fourth-order valence-corrected chi connectivity index (χ4v) is 2.01. The first-order valence-corrected chi connectivity index (χ1v) is 5.71. The Bertz CT molecular complexity index is 425. The lowest BCUT2D eigenvalue weighted by Gasteiger charge is -2.35. The van der Waals surface area contributed by atoms with Crippen molar-refractivity contribution in [1.82, 2.24) is 15.3 Å². The van der Waals surface area contributed by atoms with Crippen LogP contribution in [0.3, 0.4) is 0 Å². The zero-order valence-corrected chi connectivity index (χ0v) is 9.90. The molecule has 1 saturated heterocycles. The van der Waals surface area contributed by atoms with Crippen LogP contribution in [0.1, 0.15) is 19.8 Å². The molecule has 0 bridgehead atoms. The second-order valence-electron chi connectivity index (χ2n) is 4.33. The van der Waals surface area contributed by atoms with Crippen molar-refractivity contribution in [2.24, 2.45) is 0 Å². The van der Waals surface area contributed by atoms with Gasteiger partial charge in [-0.2, -0.15) is 0 Å². The Hall–Kier alpha value is -1.07. The molecule has 0 aliphatic carbocycles. The second-order valence-corrected chi connectivity index (χ2v) is 4.71. The lowest BCUT2D eigenvalue weighted by molar-refractivity contribution is 0.364. The number of rotatable bonds is 2. The van der Waals surface area contributed by atoms with Crippen molar-refractivity contribution < 1.29 is 0 Å². The lowest BCUT2D eigenvalue weighted by Crippen LogP contribution is -2.45. The maximum absolute atomic E-state index is 11.3. The molecule has 1 aliphatic heterocycles. The van der Waals surface area contributed by atoms with Crippen molar-refractivity contribution in [3.8, 4) is 0 Å². The van der Waals surface area contributed by atoms with Crippen LogP contribution in [0.25, 0.3) is 0 Å². The van der Waals surface area contributed by atoms with Crippen LogP contribution in [0.15, 0.2) is 11.1 Å². The van der Waals surface area contributed by atoms with Crippen molar-refractivity contribution in [1.29, 1.82) is 0 Å². The molecule has 3 N–H and O–H groups in total. The van der Waals surface area contributed by atoms with E-state index in [2.05, 4.69) is 27.5 Å². The van der Waals surface area contributed by atoms with Gasteiger partial charge in [-0.3, -0.25) is 4.79 Å². The summed E-state index contributed by atoms with van der Waals surface area (Å²) in [5.74, 6) is 0.467. The molecule has 5 nitrogen and oxygen atoms in total. The normalized spacial score (nSPS) is 19.4. The molecular formula is C10H15ClN4O. The molecule has 1 fully saturated rings. The molecule has 2 heterocycles. The summed E-state index contributed by atoms with van der Waals surface area (Å²) in [6.45, 7) is 4.04. The van der Waals surface area contributed by atoms with E-state index >= 15 is 0 Å². The van der Waals surface area contributed by atoms with Crippen LogP contribution < -0.4 is 16.2 Å². The van der Waals surface area contributed by atoms with E-state index in [-0.39, 0.29) is 16.1 Å². The van der Waals surface area contributed by atoms with Gasteiger partial charge in [0.1, 0.15) is 5.02 Å². The minimum Gasteiger partial charge on any atom is -0.363 e. The molecule has 0 atom stereocenters. The van der Waals surface area contributed by atoms with Crippen LogP contribution in [0.2, 0.25) is 5.02 Å².